The molecule has 32 heavy (non-hydrogen) atoms. The van der Waals surface area contributed by atoms with Gasteiger partial charge < -0.3 is 24.6 Å². The minimum absolute atomic E-state index is 0.0170. The Labute approximate surface area is 189 Å². The second-order valence-electron chi connectivity index (χ2n) is 7.54. The van der Waals surface area contributed by atoms with Crippen LogP contribution in [-0.2, 0) is 13.1 Å². The zero-order chi connectivity index (χ0) is 22.2. The van der Waals surface area contributed by atoms with Gasteiger partial charge in [0, 0.05) is 37.6 Å². The SMILES string of the molecule is CN1Cc2cc(Oc3ccc(Nc4ncnc5ccn(CCO)c45)cc3Cl)ccc2C1=O. The van der Waals surface area contributed by atoms with Gasteiger partial charge in [0.25, 0.3) is 5.91 Å². The summed E-state index contributed by atoms with van der Waals surface area (Å²) in [5.74, 6) is 1.76. The molecule has 1 aliphatic heterocycles. The number of halogens is 1. The second kappa shape index (κ2) is 8.14. The molecule has 0 atom stereocenters. The van der Waals surface area contributed by atoms with Crippen LogP contribution >= 0.6 is 11.6 Å². The summed E-state index contributed by atoms with van der Waals surface area (Å²) in [6.45, 7) is 1.03. The monoisotopic (exact) mass is 449 g/mol. The van der Waals surface area contributed by atoms with E-state index in [1.807, 2.05) is 29.0 Å². The zero-order valence-electron chi connectivity index (χ0n) is 17.2. The van der Waals surface area contributed by atoms with Gasteiger partial charge in [-0.3, -0.25) is 4.79 Å². The third-order valence-corrected chi connectivity index (χ3v) is 5.67. The maximum atomic E-state index is 12.1. The first-order valence-electron chi connectivity index (χ1n) is 10.1. The lowest BCUT2D eigenvalue weighted by molar-refractivity contribution is 0.0816. The molecule has 162 valence electrons. The van der Waals surface area contributed by atoms with Crippen LogP contribution < -0.4 is 10.1 Å². The highest BCUT2D eigenvalue weighted by molar-refractivity contribution is 6.32. The Morgan fingerprint density at radius 1 is 1.19 bits per heavy atom. The number of aromatic nitrogens is 3. The largest absolute Gasteiger partial charge is 0.456 e. The summed E-state index contributed by atoms with van der Waals surface area (Å²) < 4.78 is 7.87. The lowest BCUT2D eigenvalue weighted by Gasteiger charge is -2.12. The molecule has 0 saturated heterocycles. The van der Waals surface area contributed by atoms with Crippen molar-refractivity contribution in [2.45, 2.75) is 13.1 Å². The van der Waals surface area contributed by atoms with Crippen molar-refractivity contribution in [3.63, 3.8) is 0 Å². The van der Waals surface area contributed by atoms with E-state index in [0.29, 0.717) is 41.0 Å². The topological polar surface area (TPSA) is 92.5 Å². The number of hydrogen-bond donors (Lipinski definition) is 2. The van der Waals surface area contributed by atoms with Crippen LogP contribution in [0.15, 0.2) is 55.0 Å². The minimum atomic E-state index is 0.0170. The Balaban J connectivity index is 1.38. The smallest absolute Gasteiger partial charge is 0.254 e. The van der Waals surface area contributed by atoms with Crippen LogP contribution in [0.3, 0.4) is 0 Å². The third-order valence-electron chi connectivity index (χ3n) is 5.37. The third kappa shape index (κ3) is 3.63. The van der Waals surface area contributed by atoms with E-state index in [-0.39, 0.29) is 12.5 Å². The average Bonchev–Trinajstić information content (AvgIpc) is 3.31. The predicted molar refractivity (Wildman–Crippen MR) is 122 cm³/mol. The molecule has 1 aliphatic rings. The van der Waals surface area contributed by atoms with Gasteiger partial charge >= 0.3 is 0 Å². The fourth-order valence-corrected chi connectivity index (χ4v) is 4.07. The van der Waals surface area contributed by atoms with Crippen molar-refractivity contribution in [1.29, 1.82) is 0 Å². The van der Waals surface area contributed by atoms with Crippen molar-refractivity contribution in [2.75, 3.05) is 19.0 Å². The summed E-state index contributed by atoms with van der Waals surface area (Å²) in [5, 5.41) is 13.0. The summed E-state index contributed by atoms with van der Waals surface area (Å²) in [6.07, 6.45) is 3.36. The Morgan fingerprint density at radius 2 is 2.06 bits per heavy atom. The van der Waals surface area contributed by atoms with Crippen molar-refractivity contribution in [3.05, 3.63) is 71.1 Å². The number of nitrogens with zero attached hydrogens (tertiary/aromatic N) is 4. The molecule has 5 rings (SSSR count). The van der Waals surface area contributed by atoms with Gasteiger partial charge in [0.15, 0.2) is 5.82 Å². The van der Waals surface area contributed by atoms with E-state index in [2.05, 4.69) is 15.3 Å². The number of aliphatic hydroxyl groups excluding tert-OH is 1. The molecule has 0 radical (unpaired) electrons. The number of nitrogens with one attached hydrogen (secondary N) is 1. The first-order chi connectivity index (χ1) is 15.5. The van der Waals surface area contributed by atoms with Crippen LogP contribution in [0.1, 0.15) is 15.9 Å². The van der Waals surface area contributed by atoms with Crippen LogP contribution in [0.25, 0.3) is 11.0 Å². The van der Waals surface area contributed by atoms with Crippen molar-refractivity contribution >= 4 is 40.0 Å². The number of anilines is 2. The first kappa shape index (κ1) is 20.3. The predicted octanol–water partition coefficient (Wildman–Crippen LogP) is 4.20. The van der Waals surface area contributed by atoms with Gasteiger partial charge in [-0.2, -0.15) is 0 Å². The molecular weight excluding hydrogens is 430 g/mol. The van der Waals surface area contributed by atoms with E-state index in [1.165, 1.54) is 6.33 Å². The molecule has 0 saturated carbocycles. The first-order valence-corrected chi connectivity index (χ1v) is 10.4. The van der Waals surface area contributed by atoms with Gasteiger partial charge in [0.1, 0.15) is 23.3 Å². The molecule has 0 unspecified atom stereocenters. The maximum absolute atomic E-state index is 12.1. The van der Waals surface area contributed by atoms with Crippen molar-refractivity contribution in [1.82, 2.24) is 19.4 Å². The van der Waals surface area contributed by atoms with Gasteiger partial charge in [-0.05, 0) is 48.0 Å². The Morgan fingerprint density at radius 3 is 2.88 bits per heavy atom. The molecule has 3 heterocycles. The molecule has 1 amide bonds. The number of fused-ring (bicyclic) bond motifs is 2. The Bertz CT molecular complexity index is 1340. The van der Waals surface area contributed by atoms with Crippen LogP contribution in [0.4, 0.5) is 11.5 Å². The maximum Gasteiger partial charge on any atom is 0.254 e. The van der Waals surface area contributed by atoms with Gasteiger partial charge in [-0.15, -0.1) is 0 Å². The van der Waals surface area contributed by atoms with E-state index in [9.17, 15) is 9.90 Å². The molecule has 2 aromatic carbocycles. The quantitative estimate of drug-likeness (QED) is 0.458. The number of carbonyl (C=O) groups is 1. The number of amides is 1. The molecule has 2 N–H and O–H groups in total. The lowest BCUT2D eigenvalue weighted by atomic mass is 10.1. The summed E-state index contributed by atoms with van der Waals surface area (Å²) in [7, 11) is 1.78. The van der Waals surface area contributed by atoms with Crippen LogP contribution in [-0.4, -0.2) is 44.1 Å². The second-order valence-corrected chi connectivity index (χ2v) is 7.95. The van der Waals surface area contributed by atoms with Gasteiger partial charge in [0.2, 0.25) is 0 Å². The zero-order valence-corrected chi connectivity index (χ0v) is 18.0. The molecule has 0 bridgehead atoms. The van der Waals surface area contributed by atoms with Crippen LogP contribution in [0.2, 0.25) is 5.02 Å². The number of hydrogen-bond acceptors (Lipinski definition) is 6. The van der Waals surface area contributed by atoms with Gasteiger partial charge in [-0.25, -0.2) is 9.97 Å². The van der Waals surface area contributed by atoms with E-state index in [4.69, 9.17) is 16.3 Å². The summed E-state index contributed by atoms with van der Waals surface area (Å²) in [4.78, 5) is 22.4. The lowest BCUT2D eigenvalue weighted by Crippen LogP contribution is -2.17. The van der Waals surface area contributed by atoms with Gasteiger partial charge in [-0.1, -0.05) is 11.6 Å². The summed E-state index contributed by atoms with van der Waals surface area (Å²) >= 11 is 6.49. The highest BCUT2D eigenvalue weighted by Gasteiger charge is 2.24. The van der Waals surface area contributed by atoms with E-state index >= 15 is 0 Å². The normalized spacial score (nSPS) is 13.0. The van der Waals surface area contributed by atoms with E-state index in [0.717, 1.165) is 22.3 Å². The minimum Gasteiger partial charge on any atom is -0.456 e. The number of aliphatic hydroxyl groups is 1. The number of carbonyl (C=O) groups excluding carboxylic acids is 1. The van der Waals surface area contributed by atoms with Crippen LogP contribution in [0.5, 0.6) is 11.5 Å². The molecule has 4 aromatic rings. The molecule has 0 aliphatic carbocycles. The van der Waals surface area contributed by atoms with Crippen molar-refractivity contribution < 1.29 is 14.6 Å². The van der Waals surface area contributed by atoms with Crippen molar-refractivity contribution in [2.24, 2.45) is 0 Å². The van der Waals surface area contributed by atoms with E-state index in [1.54, 1.807) is 36.2 Å². The average molecular weight is 450 g/mol. The van der Waals surface area contributed by atoms with Crippen LogP contribution in [0, 0.1) is 0 Å². The Kier molecular flexibility index (Phi) is 5.16. The van der Waals surface area contributed by atoms with Crippen molar-refractivity contribution in [3.8, 4) is 11.5 Å². The molecule has 8 nitrogen and oxygen atoms in total. The number of ether oxygens (including phenoxy) is 1. The highest BCUT2D eigenvalue weighted by Crippen LogP contribution is 2.35. The summed E-state index contributed by atoms with van der Waals surface area (Å²) in [5.41, 5.74) is 3.95. The number of benzene rings is 2. The molecule has 9 heteroatoms. The fourth-order valence-electron chi connectivity index (χ4n) is 3.85. The van der Waals surface area contributed by atoms with E-state index < -0.39 is 0 Å². The standard InChI is InChI=1S/C23H20ClN5O3/c1-28-12-14-10-16(3-4-17(14)23(28)31)32-20-5-2-15(11-18(20)24)27-22-21-19(25-13-26-22)6-7-29(21)8-9-30/h2-7,10-11,13,30H,8-9,12H2,1H3,(H,25,26,27). The fraction of sp³-hybridized carbons (Fsp3) is 0.174. The molecule has 0 spiro atoms. The molecule has 2 aromatic heterocycles. The highest BCUT2D eigenvalue weighted by atomic mass is 35.5. The van der Waals surface area contributed by atoms with Gasteiger partial charge in [0.05, 0.1) is 17.1 Å². The molecular formula is C23H20ClN5O3. The number of rotatable bonds is 6. The molecule has 0 fully saturated rings. The summed E-state index contributed by atoms with van der Waals surface area (Å²) in [6, 6.07) is 12.7. The Hall–Kier alpha value is -3.62.